The smallest absolute Gasteiger partial charge is 0.315 e. The van der Waals surface area contributed by atoms with E-state index in [-0.39, 0.29) is 12.1 Å². The third-order valence-electron chi connectivity index (χ3n) is 1.81. The van der Waals surface area contributed by atoms with Crippen molar-refractivity contribution in [2.45, 2.75) is 26.3 Å². The Morgan fingerprint density at radius 1 is 1.39 bits per heavy atom. The van der Waals surface area contributed by atoms with Gasteiger partial charge in [0.25, 0.3) is 0 Å². The van der Waals surface area contributed by atoms with Crippen molar-refractivity contribution in [3.63, 3.8) is 0 Å². The lowest BCUT2D eigenvalue weighted by Gasteiger charge is -2.04. The summed E-state index contributed by atoms with van der Waals surface area (Å²) in [4.78, 5) is 12.3. The van der Waals surface area contributed by atoms with Gasteiger partial charge in [-0.05, 0) is 6.92 Å². The van der Waals surface area contributed by atoms with E-state index in [0.717, 1.165) is 0 Å². The van der Waals surface area contributed by atoms with Crippen LogP contribution < -0.4 is 11.3 Å². The summed E-state index contributed by atoms with van der Waals surface area (Å²) in [7, 11) is 3.07. The summed E-state index contributed by atoms with van der Waals surface area (Å²) < 4.78 is 10.1. The highest BCUT2D eigenvalue weighted by Gasteiger charge is 2.02. The van der Waals surface area contributed by atoms with Gasteiger partial charge in [0.2, 0.25) is 0 Å². The molecule has 0 heterocycles. The highest BCUT2D eigenvalue weighted by molar-refractivity contribution is 5.90. The second kappa shape index (κ2) is 10.3. The zero-order valence-corrected chi connectivity index (χ0v) is 11.3. The summed E-state index contributed by atoms with van der Waals surface area (Å²) in [6, 6.07) is 0.0923. The molecule has 0 spiro atoms. The third kappa shape index (κ3) is 7.39. The fraction of sp³-hybridized carbons (Fsp3) is 0.545. The van der Waals surface area contributed by atoms with Gasteiger partial charge in [0.05, 0.1) is 20.3 Å². The first-order chi connectivity index (χ1) is 8.67. The molecule has 7 heteroatoms. The maximum Gasteiger partial charge on any atom is 0.315 e. The van der Waals surface area contributed by atoms with Crippen LogP contribution >= 0.6 is 0 Å². The molecule has 0 saturated heterocycles. The van der Waals surface area contributed by atoms with Gasteiger partial charge in [0, 0.05) is 25.0 Å². The van der Waals surface area contributed by atoms with Crippen molar-refractivity contribution in [1.82, 2.24) is 5.43 Å². The molecule has 0 aliphatic heterocycles. The average Bonchev–Trinajstić information content (AvgIpc) is 2.39. The number of amidine groups is 1. The first kappa shape index (κ1) is 16.1. The van der Waals surface area contributed by atoms with E-state index in [0.29, 0.717) is 12.3 Å². The second-order valence-electron chi connectivity index (χ2n) is 3.20. The molecule has 0 aromatic heterocycles. The van der Waals surface area contributed by atoms with Crippen molar-refractivity contribution in [1.29, 1.82) is 0 Å². The van der Waals surface area contributed by atoms with Crippen LogP contribution in [0.1, 0.15) is 20.3 Å². The highest BCUT2D eigenvalue weighted by Crippen LogP contribution is 1.95. The van der Waals surface area contributed by atoms with Crippen molar-refractivity contribution in [3.8, 4) is 0 Å². The van der Waals surface area contributed by atoms with Crippen LogP contribution in [0.25, 0.3) is 0 Å². The first-order valence-corrected chi connectivity index (χ1v) is 5.55. The van der Waals surface area contributed by atoms with Crippen LogP contribution in [0, 0.1) is 0 Å². The van der Waals surface area contributed by atoms with E-state index in [1.165, 1.54) is 19.5 Å². The van der Waals surface area contributed by atoms with Crippen molar-refractivity contribution in [3.05, 3.63) is 12.4 Å². The molecular weight excluding hydrogens is 234 g/mol. The Bertz CT molecular complexity index is 330. The molecule has 0 radical (unpaired) electrons. The van der Waals surface area contributed by atoms with Gasteiger partial charge < -0.3 is 14.9 Å². The molecule has 0 bridgehead atoms. The number of hydrogen-bond acceptors (Lipinski definition) is 6. The number of hydrazine groups is 1. The summed E-state index contributed by atoms with van der Waals surface area (Å²) in [5.74, 6) is 5.61. The zero-order chi connectivity index (χ0) is 13.8. The number of methoxy groups -OCH3 is 2. The largest absolute Gasteiger partial charge is 0.484 e. The van der Waals surface area contributed by atoms with E-state index in [9.17, 15) is 0 Å². The SMILES string of the molecule is CCC(=NC(=NC(C)C=N/C=C\NN)OC)OC. The minimum Gasteiger partial charge on any atom is -0.484 e. The molecule has 1 atom stereocenters. The number of hydrogen-bond donors (Lipinski definition) is 2. The molecule has 0 saturated carbocycles. The van der Waals surface area contributed by atoms with Crippen LogP contribution in [-0.2, 0) is 9.47 Å². The molecule has 0 aliphatic carbocycles. The number of nitrogens with one attached hydrogen (secondary N) is 1. The Morgan fingerprint density at radius 3 is 2.61 bits per heavy atom. The fourth-order valence-corrected chi connectivity index (χ4v) is 0.971. The average molecular weight is 255 g/mol. The van der Waals surface area contributed by atoms with Gasteiger partial charge in [-0.2, -0.15) is 4.99 Å². The van der Waals surface area contributed by atoms with Crippen LogP contribution in [-0.4, -0.2) is 38.4 Å². The van der Waals surface area contributed by atoms with Crippen LogP contribution in [0.3, 0.4) is 0 Å². The van der Waals surface area contributed by atoms with Crippen LogP contribution in [0.4, 0.5) is 0 Å². The van der Waals surface area contributed by atoms with Gasteiger partial charge in [0.15, 0.2) is 5.90 Å². The van der Waals surface area contributed by atoms with Gasteiger partial charge in [-0.25, -0.2) is 4.99 Å². The minimum atomic E-state index is -0.166. The zero-order valence-electron chi connectivity index (χ0n) is 11.3. The first-order valence-electron chi connectivity index (χ1n) is 5.55. The molecule has 0 aromatic carbocycles. The van der Waals surface area contributed by atoms with Crippen LogP contribution in [0.15, 0.2) is 27.4 Å². The Balaban J connectivity index is 4.63. The summed E-state index contributed by atoms with van der Waals surface area (Å²) in [6.07, 6.45) is 5.34. The molecule has 0 rings (SSSR count). The Hall–Kier alpha value is -1.89. The van der Waals surface area contributed by atoms with E-state index in [4.69, 9.17) is 15.3 Å². The predicted molar refractivity (Wildman–Crippen MR) is 73.6 cm³/mol. The number of aliphatic imine (C=N–C) groups is 3. The van der Waals surface area contributed by atoms with E-state index in [1.54, 1.807) is 13.3 Å². The number of nitrogens with zero attached hydrogens (tertiary/aromatic N) is 3. The lowest BCUT2D eigenvalue weighted by atomic mass is 10.4. The summed E-state index contributed by atoms with van der Waals surface area (Å²) in [6.45, 7) is 3.80. The van der Waals surface area contributed by atoms with Crippen molar-refractivity contribution >= 4 is 18.1 Å². The van der Waals surface area contributed by atoms with Gasteiger partial charge in [-0.1, -0.05) is 6.92 Å². The Morgan fingerprint density at radius 2 is 2.11 bits per heavy atom. The van der Waals surface area contributed by atoms with Gasteiger partial charge >= 0.3 is 6.02 Å². The Kier molecular flexibility index (Phi) is 9.20. The quantitative estimate of drug-likeness (QED) is 0.329. The minimum absolute atomic E-state index is 0.166. The molecule has 0 aromatic rings. The molecular formula is C11H21N5O2. The number of rotatable bonds is 5. The van der Waals surface area contributed by atoms with Gasteiger partial charge in [-0.3, -0.25) is 10.8 Å². The second-order valence-corrected chi connectivity index (χ2v) is 3.20. The van der Waals surface area contributed by atoms with E-state index < -0.39 is 0 Å². The Labute approximate surface area is 107 Å². The monoisotopic (exact) mass is 255 g/mol. The topological polar surface area (TPSA) is 93.6 Å². The molecule has 0 fully saturated rings. The molecule has 0 aliphatic rings. The van der Waals surface area contributed by atoms with Crippen molar-refractivity contribution in [2.75, 3.05) is 14.2 Å². The molecule has 0 amide bonds. The molecule has 102 valence electrons. The van der Waals surface area contributed by atoms with Crippen molar-refractivity contribution in [2.24, 2.45) is 20.8 Å². The lowest BCUT2D eigenvalue weighted by molar-refractivity contribution is 0.375. The third-order valence-corrected chi connectivity index (χ3v) is 1.81. The number of ether oxygens (including phenoxy) is 2. The van der Waals surface area contributed by atoms with Gasteiger partial charge in [0.1, 0.15) is 0 Å². The molecule has 7 nitrogen and oxygen atoms in total. The lowest BCUT2D eigenvalue weighted by Crippen LogP contribution is -2.12. The van der Waals surface area contributed by atoms with E-state index in [2.05, 4.69) is 20.4 Å². The number of nitrogens with two attached hydrogens (primary N) is 1. The summed E-state index contributed by atoms with van der Waals surface area (Å²) >= 11 is 0. The van der Waals surface area contributed by atoms with E-state index in [1.807, 2.05) is 13.8 Å². The maximum atomic E-state index is 5.05. The highest BCUT2D eigenvalue weighted by atomic mass is 16.5. The molecule has 18 heavy (non-hydrogen) atoms. The summed E-state index contributed by atoms with van der Waals surface area (Å²) in [5.41, 5.74) is 2.34. The van der Waals surface area contributed by atoms with Gasteiger partial charge in [-0.15, -0.1) is 0 Å². The predicted octanol–water partition coefficient (Wildman–Crippen LogP) is 0.838. The van der Waals surface area contributed by atoms with E-state index >= 15 is 0 Å². The standard InChI is InChI=1S/C11H21N5O2/c1-5-10(17-3)16-11(18-4)15-9(2)8-13-6-7-14-12/h6-9,14H,5,12H2,1-4H3/b7-6-,13-8?,15-11?,16-10?. The van der Waals surface area contributed by atoms with Crippen LogP contribution in [0.5, 0.6) is 0 Å². The fourth-order valence-electron chi connectivity index (χ4n) is 0.971. The molecule has 3 N–H and O–H groups in total. The van der Waals surface area contributed by atoms with Crippen LogP contribution in [0.2, 0.25) is 0 Å². The van der Waals surface area contributed by atoms with Crippen molar-refractivity contribution < 1.29 is 9.47 Å². The summed E-state index contributed by atoms with van der Waals surface area (Å²) in [5, 5.41) is 0. The molecule has 1 unspecified atom stereocenters. The maximum absolute atomic E-state index is 5.05. The normalized spacial score (nSPS) is 15.2.